The van der Waals surface area contributed by atoms with E-state index in [1.807, 2.05) is 4.57 Å². The molecule has 7 nitrogen and oxygen atoms in total. The molecule has 0 aromatic carbocycles. The van der Waals surface area contributed by atoms with Crippen molar-refractivity contribution in [1.82, 2.24) is 19.5 Å². The lowest BCUT2D eigenvalue weighted by Gasteiger charge is -2.29. The van der Waals surface area contributed by atoms with Gasteiger partial charge in [0.25, 0.3) is 0 Å². The van der Waals surface area contributed by atoms with Gasteiger partial charge in [0, 0.05) is 23.6 Å². The molecule has 0 spiro atoms. The van der Waals surface area contributed by atoms with E-state index in [0.717, 1.165) is 25.7 Å². The molecule has 1 aliphatic carbocycles. The molecule has 122 valence electrons. The molecule has 2 aromatic heterocycles. The number of hydrogen-bond donors (Lipinski definition) is 2. The second kappa shape index (κ2) is 6.50. The van der Waals surface area contributed by atoms with Crippen molar-refractivity contribution >= 4 is 17.1 Å². The Labute approximate surface area is 139 Å². The Morgan fingerprint density at radius 3 is 2.91 bits per heavy atom. The summed E-state index contributed by atoms with van der Waals surface area (Å²) < 4.78 is 23.9. The second-order valence-corrected chi connectivity index (χ2v) is 6.08. The number of nitrogens with one attached hydrogen (secondary N) is 1. The molecule has 1 atom stereocenters. The van der Waals surface area contributed by atoms with Gasteiger partial charge in [0.2, 0.25) is 5.95 Å². The van der Waals surface area contributed by atoms with E-state index >= 15 is 0 Å². The predicted octanol–water partition coefficient (Wildman–Crippen LogP) is 2.57. The molecule has 2 aromatic rings. The van der Waals surface area contributed by atoms with E-state index in [-0.39, 0.29) is 12.0 Å². The number of anilines is 1. The van der Waals surface area contributed by atoms with Gasteiger partial charge in [-0.1, -0.05) is 0 Å². The Morgan fingerprint density at radius 2 is 2.26 bits per heavy atom. The first-order valence-corrected chi connectivity index (χ1v) is 7.86. The van der Waals surface area contributed by atoms with Crippen LogP contribution in [-0.2, 0) is 0 Å². The zero-order chi connectivity index (χ0) is 18.9. The van der Waals surface area contributed by atoms with Gasteiger partial charge in [-0.3, -0.25) is 0 Å². The maximum Gasteiger partial charge on any atom is 0.224 e. The fraction of sp³-hybridized carbons (Fsp3) is 0.625. The number of aromatic nitrogens is 4. The van der Waals surface area contributed by atoms with E-state index in [2.05, 4.69) is 26.3 Å². The molecule has 3 rings (SSSR count). The minimum atomic E-state index is -2.39. The molecular formula is C16H22N6O. The first-order chi connectivity index (χ1) is 12.3. The van der Waals surface area contributed by atoms with Gasteiger partial charge in [-0.05, 0) is 38.5 Å². The number of nitrogens with zero attached hydrogens (tertiary/aromatic N) is 5. The molecule has 0 aliphatic heterocycles. The van der Waals surface area contributed by atoms with Crippen LogP contribution >= 0.6 is 0 Å². The Morgan fingerprint density at radius 1 is 1.48 bits per heavy atom. The van der Waals surface area contributed by atoms with Crippen molar-refractivity contribution < 1.29 is 9.22 Å². The van der Waals surface area contributed by atoms with Gasteiger partial charge in [-0.25, -0.2) is 9.97 Å². The highest BCUT2D eigenvalue weighted by Gasteiger charge is 2.27. The lowest BCUT2D eigenvalue weighted by atomic mass is 9.84. The van der Waals surface area contributed by atoms with Crippen LogP contribution < -0.4 is 5.32 Å². The minimum absolute atomic E-state index is 0.00830. The smallest absolute Gasteiger partial charge is 0.224 e. The highest BCUT2D eigenvalue weighted by molar-refractivity contribution is 5.72. The molecule has 0 amide bonds. The van der Waals surface area contributed by atoms with E-state index in [1.54, 1.807) is 6.92 Å². The minimum Gasteiger partial charge on any atom is -0.385 e. The molecule has 2 heterocycles. The highest BCUT2D eigenvalue weighted by Crippen LogP contribution is 2.37. The molecule has 23 heavy (non-hydrogen) atoms. The molecule has 0 radical (unpaired) electrons. The van der Waals surface area contributed by atoms with Crippen molar-refractivity contribution in [2.45, 2.75) is 51.2 Å². The van der Waals surface area contributed by atoms with Gasteiger partial charge in [0.05, 0.1) is 12.3 Å². The van der Waals surface area contributed by atoms with E-state index in [0.29, 0.717) is 29.3 Å². The number of imidazole rings is 1. The number of nitriles is 1. The third-order valence-corrected chi connectivity index (χ3v) is 4.51. The number of aliphatic hydroxyl groups excluding tert-OH is 1. The zero-order valence-electron chi connectivity index (χ0n) is 16.0. The molecule has 1 saturated carbocycles. The SMILES string of the molecule is [2H]C([2H])([2H])Nc1ncc2nc(C(C)O)n(C3CCC(CC#N)CC3)c2n1. The van der Waals surface area contributed by atoms with Gasteiger partial charge >= 0.3 is 0 Å². The van der Waals surface area contributed by atoms with Crippen LogP contribution in [0.4, 0.5) is 5.95 Å². The highest BCUT2D eigenvalue weighted by atomic mass is 16.3. The van der Waals surface area contributed by atoms with Crippen LogP contribution in [0.5, 0.6) is 0 Å². The average Bonchev–Trinajstić information content (AvgIpc) is 2.93. The van der Waals surface area contributed by atoms with Gasteiger partial charge in [0.1, 0.15) is 17.4 Å². The van der Waals surface area contributed by atoms with Crippen LogP contribution in [0.2, 0.25) is 0 Å². The van der Waals surface area contributed by atoms with Gasteiger partial charge < -0.3 is 15.0 Å². The summed E-state index contributed by atoms with van der Waals surface area (Å²) in [4.78, 5) is 12.8. The average molecular weight is 317 g/mol. The third kappa shape index (κ3) is 2.99. The Bertz CT molecular complexity index is 818. The van der Waals surface area contributed by atoms with Crippen LogP contribution in [0.15, 0.2) is 6.20 Å². The van der Waals surface area contributed by atoms with Crippen molar-refractivity contribution in [2.75, 3.05) is 12.3 Å². The number of rotatable bonds is 4. The Kier molecular flexibility index (Phi) is 3.46. The standard InChI is InChI=1S/C16H22N6O/c1-10(23)14-20-13-9-19-16(18-2)21-15(13)22(14)12-5-3-11(4-6-12)7-8-17/h9-12,23H,3-7H2,1-2H3,(H,18,19,21)/i2D3. The summed E-state index contributed by atoms with van der Waals surface area (Å²) >= 11 is 0. The first kappa shape index (κ1) is 12.3. The lowest BCUT2D eigenvalue weighted by Crippen LogP contribution is -2.21. The molecule has 0 saturated heterocycles. The van der Waals surface area contributed by atoms with Crippen LogP contribution in [0, 0.1) is 17.2 Å². The third-order valence-electron chi connectivity index (χ3n) is 4.51. The van der Waals surface area contributed by atoms with Crippen LogP contribution in [0.1, 0.15) is 61.1 Å². The first-order valence-electron chi connectivity index (χ1n) is 9.36. The molecule has 2 N–H and O–H groups in total. The second-order valence-electron chi connectivity index (χ2n) is 6.08. The van der Waals surface area contributed by atoms with Crippen molar-refractivity contribution in [3.63, 3.8) is 0 Å². The molecule has 7 heteroatoms. The van der Waals surface area contributed by atoms with Gasteiger partial charge in [0.15, 0.2) is 5.65 Å². The normalized spacial score (nSPS) is 25.2. The molecular weight excluding hydrogens is 292 g/mol. The van der Waals surface area contributed by atoms with E-state index in [4.69, 9.17) is 9.37 Å². The lowest BCUT2D eigenvalue weighted by molar-refractivity contribution is 0.175. The summed E-state index contributed by atoms with van der Waals surface area (Å²) in [5, 5.41) is 21.3. The topological polar surface area (TPSA) is 99.7 Å². The van der Waals surface area contributed by atoms with Crippen molar-refractivity contribution in [1.29, 1.82) is 5.26 Å². The zero-order valence-corrected chi connectivity index (χ0v) is 13.0. The fourth-order valence-electron chi connectivity index (χ4n) is 3.36. The van der Waals surface area contributed by atoms with E-state index < -0.39 is 13.1 Å². The summed E-state index contributed by atoms with van der Waals surface area (Å²) in [7, 11) is 0. The molecule has 1 unspecified atom stereocenters. The summed E-state index contributed by atoms with van der Waals surface area (Å²) in [6.07, 6.45) is 4.86. The fourth-order valence-corrected chi connectivity index (χ4v) is 3.36. The number of fused-ring (bicyclic) bond motifs is 1. The predicted molar refractivity (Wildman–Crippen MR) is 86.7 cm³/mol. The Hall–Kier alpha value is -2.20. The number of aliphatic hydroxyl groups is 1. The summed E-state index contributed by atoms with van der Waals surface area (Å²) in [5.41, 5.74) is 1.04. The Balaban J connectivity index is 1.97. The van der Waals surface area contributed by atoms with Gasteiger partial charge in [-0.15, -0.1) is 0 Å². The van der Waals surface area contributed by atoms with Gasteiger partial charge in [-0.2, -0.15) is 10.2 Å². The monoisotopic (exact) mass is 317 g/mol. The van der Waals surface area contributed by atoms with Crippen molar-refractivity contribution in [3.8, 4) is 6.07 Å². The van der Waals surface area contributed by atoms with Crippen LogP contribution in [0.3, 0.4) is 0 Å². The largest absolute Gasteiger partial charge is 0.385 e. The molecule has 0 bridgehead atoms. The quantitative estimate of drug-likeness (QED) is 0.899. The van der Waals surface area contributed by atoms with E-state index in [9.17, 15) is 5.11 Å². The van der Waals surface area contributed by atoms with Crippen LogP contribution in [0.25, 0.3) is 11.2 Å². The van der Waals surface area contributed by atoms with Crippen molar-refractivity contribution in [2.24, 2.45) is 5.92 Å². The summed E-state index contributed by atoms with van der Waals surface area (Å²) in [5.74, 6) is 0.918. The molecule has 1 fully saturated rings. The number of hydrogen-bond acceptors (Lipinski definition) is 6. The summed E-state index contributed by atoms with van der Waals surface area (Å²) in [6, 6.07) is 2.34. The maximum absolute atomic E-state index is 10.1. The van der Waals surface area contributed by atoms with E-state index in [1.165, 1.54) is 6.20 Å². The van der Waals surface area contributed by atoms with Crippen LogP contribution in [-0.4, -0.2) is 31.6 Å². The maximum atomic E-state index is 10.1. The molecule has 1 aliphatic rings. The summed E-state index contributed by atoms with van der Waals surface area (Å²) in [6.45, 7) is -0.741. The van der Waals surface area contributed by atoms with Crippen molar-refractivity contribution in [3.05, 3.63) is 12.0 Å².